The van der Waals surface area contributed by atoms with Crippen LogP contribution in [-0.2, 0) is 0 Å². The molecular weight excluding hydrogens is 350 g/mol. The number of benzene rings is 1. The number of nitrogens with two attached hydrogens (primary N) is 1. The van der Waals surface area contributed by atoms with Crippen molar-refractivity contribution in [3.63, 3.8) is 0 Å². The van der Waals surface area contributed by atoms with E-state index in [1.165, 1.54) is 0 Å². The molecule has 3 rings (SSSR count). The molecule has 0 aliphatic heterocycles. The normalized spacial score (nSPS) is 10.5. The molecule has 2 heterocycles. The summed E-state index contributed by atoms with van der Waals surface area (Å²) in [4.78, 5) is 32.1. The minimum atomic E-state index is -0.684. The molecule has 0 spiro atoms. The number of nitriles is 1. The summed E-state index contributed by atoms with van der Waals surface area (Å²) < 4.78 is 0.850. The summed E-state index contributed by atoms with van der Waals surface area (Å²) in [5, 5.41) is 9.47. The second kappa shape index (κ2) is 5.13. The average Bonchev–Trinajstić information content (AvgIpc) is 2.46. The molecule has 0 amide bonds. The van der Waals surface area contributed by atoms with Crippen LogP contribution in [-0.4, -0.2) is 15.0 Å². The highest BCUT2D eigenvalue weighted by molar-refractivity contribution is 9.10. The maximum Gasteiger partial charge on any atom is 0.327 e. The number of nitrogen functional groups attached to an aromatic ring is 1. The van der Waals surface area contributed by atoms with Crippen LogP contribution in [0.25, 0.3) is 22.2 Å². The van der Waals surface area contributed by atoms with Crippen molar-refractivity contribution in [3.05, 3.63) is 55.1 Å². The molecule has 0 aliphatic carbocycles. The number of aromatic nitrogens is 3. The van der Waals surface area contributed by atoms with Gasteiger partial charge in [0.05, 0.1) is 5.39 Å². The van der Waals surface area contributed by atoms with Crippen LogP contribution >= 0.6 is 15.9 Å². The summed E-state index contributed by atoms with van der Waals surface area (Å²) in [6.45, 7) is 0. The number of hydrogen-bond acceptors (Lipinski definition) is 5. The number of pyridine rings is 1. The Morgan fingerprint density at radius 2 is 1.86 bits per heavy atom. The lowest BCUT2D eigenvalue weighted by molar-refractivity contribution is 1.06. The molecule has 0 atom stereocenters. The number of H-pyrrole nitrogens is 2. The first-order chi connectivity index (χ1) is 10.5. The van der Waals surface area contributed by atoms with Gasteiger partial charge in [0, 0.05) is 10.0 Å². The first-order valence-corrected chi connectivity index (χ1v) is 6.92. The van der Waals surface area contributed by atoms with Gasteiger partial charge in [-0.05, 0) is 17.7 Å². The second-order valence-corrected chi connectivity index (χ2v) is 5.41. The third-order valence-electron chi connectivity index (χ3n) is 3.16. The van der Waals surface area contributed by atoms with Gasteiger partial charge in [0.2, 0.25) is 0 Å². The van der Waals surface area contributed by atoms with E-state index < -0.39 is 11.2 Å². The zero-order chi connectivity index (χ0) is 15.9. The van der Waals surface area contributed by atoms with Gasteiger partial charge in [-0.2, -0.15) is 5.26 Å². The maximum absolute atomic E-state index is 12.2. The molecule has 1 aromatic carbocycles. The van der Waals surface area contributed by atoms with Crippen molar-refractivity contribution in [1.82, 2.24) is 15.0 Å². The molecule has 0 saturated carbocycles. The summed E-state index contributed by atoms with van der Waals surface area (Å²) in [5.74, 6) is -0.0471. The molecule has 0 unspecified atom stereocenters. The molecule has 108 valence electrons. The molecular formula is C14H8BrN5O2. The molecule has 0 aliphatic rings. The molecule has 2 aromatic heterocycles. The van der Waals surface area contributed by atoms with Gasteiger partial charge in [0.25, 0.3) is 5.56 Å². The molecule has 0 bridgehead atoms. The van der Waals surface area contributed by atoms with E-state index in [-0.39, 0.29) is 22.4 Å². The van der Waals surface area contributed by atoms with Crippen molar-refractivity contribution in [2.45, 2.75) is 0 Å². The van der Waals surface area contributed by atoms with Crippen LogP contribution in [0.5, 0.6) is 0 Å². The first kappa shape index (κ1) is 14.0. The van der Waals surface area contributed by atoms with Crippen LogP contribution in [0, 0.1) is 11.3 Å². The summed E-state index contributed by atoms with van der Waals surface area (Å²) in [5.41, 5.74) is 5.58. The molecule has 0 fully saturated rings. The fourth-order valence-electron chi connectivity index (χ4n) is 2.24. The van der Waals surface area contributed by atoms with E-state index in [1.54, 1.807) is 24.3 Å². The molecule has 7 nitrogen and oxygen atoms in total. The van der Waals surface area contributed by atoms with Gasteiger partial charge in [0.15, 0.2) is 0 Å². The lowest BCUT2D eigenvalue weighted by Gasteiger charge is -2.10. The second-order valence-electron chi connectivity index (χ2n) is 4.50. The first-order valence-electron chi connectivity index (χ1n) is 6.13. The van der Waals surface area contributed by atoms with Crippen molar-refractivity contribution >= 4 is 32.8 Å². The topological polar surface area (TPSA) is 128 Å². The molecule has 0 radical (unpaired) electrons. The number of nitrogens with one attached hydrogen (secondary N) is 2. The van der Waals surface area contributed by atoms with Crippen LogP contribution in [0.15, 0.2) is 38.3 Å². The smallest absolute Gasteiger partial charge is 0.327 e. The van der Waals surface area contributed by atoms with Crippen LogP contribution in [0.3, 0.4) is 0 Å². The quantitative estimate of drug-likeness (QED) is 0.607. The van der Waals surface area contributed by atoms with E-state index in [1.807, 2.05) is 6.07 Å². The number of fused-ring (bicyclic) bond motifs is 1. The van der Waals surface area contributed by atoms with Gasteiger partial charge in [-0.1, -0.05) is 28.1 Å². The summed E-state index contributed by atoms with van der Waals surface area (Å²) in [7, 11) is 0. The van der Waals surface area contributed by atoms with Crippen molar-refractivity contribution in [2.24, 2.45) is 0 Å². The molecule has 4 N–H and O–H groups in total. The summed E-state index contributed by atoms with van der Waals surface area (Å²) in [6.07, 6.45) is 0. The third-order valence-corrected chi connectivity index (χ3v) is 3.68. The van der Waals surface area contributed by atoms with E-state index in [0.717, 1.165) is 4.47 Å². The van der Waals surface area contributed by atoms with Gasteiger partial charge in [0.1, 0.15) is 23.1 Å². The van der Waals surface area contributed by atoms with Crippen LogP contribution < -0.4 is 17.0 Å². The largest absolute Gasteiger partial charge is 0.383 e. The lowest BCUT2D eigenvalue weighted by atomic mass is 9.98. The number of nitrogens with zero attached hydrogens (tertiary/aromatic N) is 2. The number of halogens is 1. The molecule has 3 aromatic rings. The van der Waals surface area contributed by atoms with Gasteiger partial charge in [-0.3, -0.25) is 14.8 Å². The van der Waals surface area contributed by atoms with Gasteiger partial charge in [-0.25, -0.2) is 9.78 Å². The van der Waals surface area contributed by atoms with Gasteiger partial charge in [-0.15, -0.1) is 0 Å². The van der Waals surface area contributed by atoms with Crippen molar-refractivity contribution in [1.29, 1.82) is 5.26 Å². The number of hydrogen-bond donors (Lipinski definition) is 3. The van der Waals surface area contributed by atoms with Crippen molar-refractivity contribution in [2.75, 3.05) is 5.73 Å². The van der Waals surface area contributed by atoms with Crippen molar-refractivity contribution < 1.29 is 0 Å². The third kappa shape index (κ3) is 2.17. The van der Waals surface area contributed by atoms with Crippen LogP contribution in [0.4, 0.5) is 5.82 Å². The van der Waals surface area contributed by atoms with E-state index in [9.17, 15) is 14.9 Å². The number of rotatable bonds is 1. The molecule has 0 saturated heterocycles. The highest BCUT2D eigenvalue weighted by Gasteiger charge is 2.18. The standard InChI is InChI=1S/C14H8BrN5O2/c15-7-3-1-6(2-4-7)9-8(5-16)11(17)18-12-10(9)13(21)20-14(22)19-12/h1-4H,(H4,17,18,19,20,21,22). The predicted octanol–water partition coefficient (Wildman–Crippen LogP) is 1.49. The predicted molar refractivity (Wildman–Crippen MR) is 85.2 cm³/mol. The van der Waals surface area contributed by atoms with Crippen molar-refractivity contribution in [3.8, 4) is 17.2 Å². The zero-order valence-corrected chi connectivity index (χ0v) is 12.6. The minimum Gasteiger partial charge on any atom is -0.383 e. The Hall–Kier alpha value is -2.92. The monoisotopic (exact) mass is 357 g/mol. The lowest BCUT2D eigenvalue weighted by Crippen LogP contribution is -2.23. The van der Waals surface area contributed by atoms with E-state index >= 15 is 0 Å². The Morgan fingerprint density at radius 1 is 1.18 bits per heavy atom. The Kier molecular flexibility index (Phi) is 3.27. The van der Waals surface area contributed by atoms with Gasteiger partial charge >= 0.3 is 5.69 Å². The Morgan fingerprint density at radius 3 is 2.50 bits per heavy atom. The van der Waals surface area contributed by atoms with Crippen LogP contribution in [0.1, 0.15) is 5.56 Å². The maximum atomic E-state index is 12.2. The highest BCUT2D eigenvalue weighted by atomic mass is 79.9. The Labute approximate surface area is 131 Å². The Bertz CT molecular complexity index is 1040. The number of aromatic amines is 2. The minimum absolute atomic E-state index is 0.0446. The Balaban J connectivity index is 2.55. The highest BCUT2D eigenvalue weighted by Crippen LogP contribution is 2.31. The average molecular weight is 358 g/mol. The summed E-state index contributed by atoms with van der Waals surface area (Å²) >= 11 is 3.32. The fourth-order valence-corrected chi connectivity index (χ4v) is 2.50. The number of anilines is 1. The van der Waals surface area contributed by atoms with E-state index in [0.29, 0.717) is 11.1 Å². The van der Waals surface area contributed by atoms with Gasteiger partial charge < -0.3 is 5.73 Å². The fraction of sp³-hybridized carbons (Fsp3) is 0. The van der Waals surface area contributed by atoms with E-state index in [4.69, 9.17) is 5.73 Å². The SMILES string of the molecule is N#Cc1c(N)nc2[nH]c(=O)[nH]c(=O)c2c1-c1ccc(Br)cc1. The molecule has 22 heavy (non-hydrogen) atoms. The summed E-state index contributed by atoms with van der Waals surface area (Å²) in [6, 6.07) is 9.00. The molecule has 8 heteroatoms. The van der Waals surface area contributed by atoms with Crippen LogP contribution in [0.2, 0.25) is 0 Å². The van der Waals surface area contributed by atoms with E-state index in [2.05, 4.69) is 30.9 Å². The zero-order valence-electron chi connectivity index (χ0n) is 11.0.